The third kappa shape index (κ3) is 2.56. The highest BCUT2D eigenvalue weighted by atomic mass is 35.5. The van der Waals surface area contributed by atoms with Crippen LogP contribution in [0.25, 0.3) is 0 Å². The number of nitro groups is 1. The van der Waals surface area contributed by atoms with Gasteiger partial charge in [-0.3, -0.25) is 10.1 Å². The van der Waals surface area contributed by atoms with Crippen molar-refractivity contribution in [3.05, 3.63) is 36.9 Å². The summed E-state index contributed by atoms with van der Waals surface area (Å²) in [7, 11) is 0. The lowest BCUT2D eigenvalue weighted by Gasteiger charge is -2.05. The molecule has 0 N–H and O–H groups in total. The SMILES string of the molecule is N#C/N=C1\N=c2c([N+](=O)[O-])c(Cl)c(Cl)cc2=N\C1=N\C#N. The molecule has 0 bridgehead atoms. The zero-order valence-electron chi connectivity index (χ0n) is 9.78. The second-order valence-electron chi connectivity index (χ2n) is 3.44. The Labute approximate surface area is 126 Å². The maximum Gasteiger partial charge on any atom is 0.317 e. The summed E-state index contributed by atoms with van der Waals surface area (Å²) in [4.78, 5) is 24.7. The first-order valence-corrected chi connectivity index (χ1v) is 5.79. The minimum absolute atomic E-state index is 0.00184. The quantitative estimate of drug-likeness (QED) is 0.430. The van der Waals surface area contributed by atoms with Crippen LogP contribution >= 0.6 is 23.2 Å². The fourth-order valence-corrected chi connectivity index (χ4v) is 1.92. The van der Waals surface area contributed by atoms with Crippen molar-refractivity contribution in [2.24, 2.45) is 20.0 Å². The summed E-state index contributed by atoms with van der Waals surface area (Å²) in [6.07, 6.45) is 2.92. The van der Waals surface area contributed by atoms with Crippen molar-refractivity contribution in [2.75, 3.05) is 0 Å². The van der Waals surface area contributed by atoms with Crippen LogP contribution < -0.4 is 10.7 Å². The molecule has 0 aliphatic carbocycles. The minimum atomic E-state index is -0.775. The third-order valence-corrected chi connectivity index (χ3v) is 3.06. The first kappa shape index (κ1) is 14.5. The average molecular weight is 322 g/mol. The highest BCUT2D eigenvalue weighted by Crippen LogP contribution is 2.27. The zero-order valence-corrected chi connectivity index (χ0v) is 11.3. The Balaban J connectivity index is 2.99. The molecule has 21 heavy (non-hydrogen) atoms. The standard InChI is InChI=1S/C10HCl2N7O2/c11-4-1-5-7(8(6(4)12)19(20)21)18-10(16-3-14)9(17-5)15-2-13/h1H/b15-9+,16-10-. The van der Waals surface area contributed by atoms with Crippen molar-refractivity contribution in [3.8, 4) is 12.4 Å². The van der Waals surface area contributed by atoms with Crippen molar-refractivity contribution < 1.29 is 4.92 Å². The number of benzene rings is 1. The first-order valence-electron chi connectivity index (χ1n) is 5.03. The normalized spacial score (nSPS) is 16.4. The molecule has 1 aromatic rings. The van der Waals surface area contributed by atoms with Gasteiger partial charge in [0.1, 0.15) is 10.4 Å². The molecule has 0 saturated heterocycles. The van der Waals surface area contributed by atoms with Gasteiger partial charge in [-0.2, -0.15) is 10.5 Å². The molecule has 0 amide bonds. The van der Waals surface area contributed by atoms with Crippen molar-refractivity contribution in [3.63, 3.8) is 0 Å². The number of hydrogen-bond acceptors (Lipinski definition) is 6. The number of amidine groups is 2. The molecule has 9 nitrogen and oxygen atoms in total. The molecule has 2 rings (SSSR count). The van der Waals surface area contributed by atoms with Gasteiger partial charge in [0.05, 0.1) is 9.95 Å². The summed E-state index contributed by atoms with van der Waals surface area (Å²) in [6.45, 7) is 0. The Bertz CT molecular complexity index is 921. The minimum Gasteiger partial charge on any atom is -0.258 e. The van der Waals surface area contributed by atoms with E-state index in [2.05, 4.69) is 20.0 Å². The average Bonchev–Trinajstić information content (AvgIpc) is 2.42. The summed E-state index contributed by atoms with van der Waals surface area (Å²) >= 11 is 11.6. The van der Waals surface area contributed by atoms with Gasteiger partial charge in [-0.15, -0.1) is 9.98 Å². The molecule has 1 aromatic carbocycles. The Morgan fingerprint density at radius 3 is 2.29 bits per heavy atom. The maximum atomic E-state index is 11.1. The van der Waals surface area contributed by atoms with E-state index in [0.717, 1.165) is 0 Å². The molecule has 0 aromatic heterocycles. The summed E-state index contributed by atoms with van der Waals surface area (Å²) in [5.74, 6) is -0.577. The van der Waals surface area contributed by atoms with Crippen LogP contribution in [0.5, 0.6) is 0 Å². The summed E-state index contributed by atoms with van der Waals surface area (Å²) < 4.78 is 0. The number of nitro benzene ring substituents is 1. The second kappa shape index (κ2) is 5.63. The molecule has 0 saturated carbocycles. The predicted molar refractivity (Wildman–Crippen MR) is 71.5 cm³/mol. The largest absolute Gasteiger partial charge is 0.317 e. The van der Waals surface area contributed by atoms with Gasteiger partial charge in [0.25, 0.3) is 0 Å². The van der Waals surface area contributed by atoms with E-state index >= 15 is 0 Å². The van der Waals surface area contributed by atoms with Crippen LogP contribution in [0.1, 0.15) is 0 Å². The molecule has 11 heteroatoms. The third-order valence-electron chi connectivity index (χ3n) is 2.29. The molecule has 0 atom stereocenters. The van der Waals surface area contributed by atoms with Crippen LogP contribution in [0.3, 0.4) is 0 Å². The molecule has 0 unspecified atom stereocenters. The predicted octanol–water partition coefficient (Wildman–Crippen LogP) is 0.914. The zero-order chi connectivity index (χ0) is 15.6. The second-order valence-corrected chi connectivity index (χ2v) is 4.23. The maximum absolute atomic E-state index is 11.1. The Hall–Kier alpha value is -2.88. The van der Waals surface area contributed by atoms with Crippen LogP contribution in [0.4, 0.5) is 5.69 Å². The van der Waals surface area contributed by atoms with E-state index in [0.29, 0.717) is 0 Å². The van der Waals surface area contributed by atoms with Crippen LogP contribution in [0.15, 0.2) is 26.0 Å². The molecule has 1 aliphatic rings. The van der Waals surface area contributed by atoms with Crippen molar-refractivity contribution >= 4 is 40.6 Å². The van der Waals surface area contributed by atoms with Crippen LogP contribution in [-0.2, 0) is 0 Å². The van der Waals surface area contributed by atoms with E-state index in [1.807, 2.05) is 0 Å². The van der Waals surface area contributed by atoms with Crippen LogP contribution in [-0.4, -0.2) is 16.6 Å². The van der Waals surface area contributed by atoms with E-state index in [1.54, 1.807) is 0 Å². The number of nitriles is 2. The topological polar surface area (TPSA) is 140 Å². The van der Waals surface area contributed by atoms with Gasteiger partial charge >= 0.3 is 5.69 Å². The van der Waals surface area contributed by atoms with E-state index in [4.69, 9.17) is 33.7 Å². The lowest BCUT2D eigenvalue weighted by Crippen LogP contribution is -2.36. The fourth-order valence-electron chi connectivity index (χ4n) is 1.52. The van der Waals surface area contributed by atoms with Gasteiger partial charge in [-0.05, 0) is 6.07 Å². The summed E-state index contributed by atoms with van der Waals surface area (Å²) in [6, 6.07) is 1.24. The van der Waals surface area contributed by atoms with Gasteiger partial charge in [0, 0.05) is 0 Å². The number of aliphatic imine (C=N–C) groups is 2. The fraction of sp³-hybridized carbons (Fsp3) is 0. The van der Waals surface area contributed by atoms with Crippen LogP contribution in [0, 0.1) is 33.0 Å². The van der Waals surface area contributed by atoms with Gasteiger partial charge < -0.3 is 0 Å². The van der Waals surface area contributed by atoms with Crippen molar-refractivity contribution in [1.29, 1.82) is 10.5 Å². The number of hydrogen-bond donors (Lipinski definition) is 0. The molecule has 0 fully saturated rings. The lowest BCUT2D eigenvalue weighted by atomic mass is 10.2. The molecular weight excluding hydrogens is 321 g/mol. The van der Waals surface area contributed by atoms with E-state index < -0.39 is 10.6 Å². The Morgan fingerprint density at radius 1 is 1.19 bits per heavy atom. The van der Waals surface area contributed by atoms with E-state index in [1.165, 1.54) is 18.5 Å². The molecule has 1 aliphatic heterocycles. The molecular formula is C10HCl2N7O2. The van der Waals surface area contributed by atoms with Crippen LogP contribution in [0.2, 0.25) is 10.0 Å². The van der Waals surface area contributed by atoms with Gasteiger partial charge in [-0.25, -0.2) is 9.98 Å². The van der Waals surface area contributed by atoms with Crippen molar-refractivity contribution in [2.45, 2.75) is 0 Å². The van der Waals surface area contributed by atoms with Gasteiger partial charge in [0.15, 0.2) is 5.36 Å². The van der Waals surface area contributed by atoms with Gasteiger partial charge in [0.2, 0.25) is 24.1 Å². The lowest BCUT2D eigenvalue weighted by molar-refractivity contribution is -0.386. The number of nitrogens with zero attached hydrogens (tertiary/aromatic N) is 7. The van der Waals surface area contributed by atoms with Crippen molar-refractivity contribution in [1.82, 2.24) is 0 Å². The van der Waals surface area contributed by atoms with E-state index in [9.17, 15) is 10.1 Å². The number of rotatable bonds is 1. The number of halogens is 2. The molecule has 1 heterocycles. The van der Waals surface area contributed by atoms with Gasteiger partial charge in [-0.1, -0.05) is 23.2 Å². The number of fused-ring (bicyclic) bond motifs is 1. The van der Waals surface area contributed by atoms with E-state index in [-0.39, 0.29) is 32.4 Å². The Morgan fingerprint density at radius 2 is 1.76 bits per heavy atom. The smallest absolute Gasteiger partial charge is 0.258 e. The highest BCUT2D eigenvalue weighted by Gasteiger charge is 2.24. The molecule has 0 radical (unpaired) electrons. The summed E-state index contributed by atoms with van der Waals surface area (Å²) in [5, 5.41) is 27.6. The molecule has 0 spiro atoms. The first-order chi connectivity index (χ1) is 9.99. The highest BCUT2D eigenvalue weighted by molar-refractivity contribution is 6.44. The molecule has 102 valence electrons. The monoisotopic (exact) mass is 321 g/mol. The Kier molecular flexibility index (Phi) is 3.89. The summed E-state index contributed by atoms with van der Waals surface area (Å²) in [5.41, 5.74) is -0.565.